The molecular weight excluding hydrogens is 417 g/mol. The summed E-state index contributed by atoms with van der Waals surface area (Å²) in [6.45, 7) is 8.17. The molecule has 1 rings (SSSR count). The van der Waals surface area contributed by atoms with E-state index in [-0.39, 0.29) is 24.0 Å². The van der Waals surface area contributed by atoms with Crippen LogP contribution in [0.5, 0.6) is 0 Å². The number of benzene rings is 1. The minimum atomic E-state index is 0. The zero-order valence-corrected chi connectivity index (χ0v) is 17.6. The van der Waals surface area contributed by atoms with Crippen molar-refractivity contribution in [2.24, 2.45) is 10.9 Å². The van der Waals surface area contributed by atoms with Crippen LogP contribution in [0.25, 0.3) is 0 Å². The van der Waals surface area contributed by atoms with E-state index in [1.54, 1.807) is 14.2 Å². The van der Waals surface area contributed by atoms with Gasteiger partial charge in [-0.3, -0.25) is 4.99 Å². The normalized spacial score (nSPS) is 11.3. The molecule has 0 saturated heterocycles. The molecule has 0 aromatic heterocycles. The lowest BCUT2D eigenvalue weighted by atomic mass is 10.1. The quantitative estimate of drug-likeness (QED) is 0.249. The van der Waals surface area contributed by atoms with Crippen LogP contribution in [-0.4, -0.2) is 39.9 Å². The fourth-order valence-corrected chi connectivity index (χ4v) is 2.03. The second-order valence-corrected chi connectivity index (χ2v) is 5.92. The maximum atomic E-state index is 5.56. The van der Waals surface area contributed by atoms with Gasteiger partial charge in [0.1, 0.15) is 0 Å². The number of rotatable bonds is 10. The van der Waals surface area contributed by atoms with Crippen LogP contribution in [0, 0.1) is 5.92 Å². The zero-order valence-electron chi connectivity index (χ0n) is 15.3. The molecule has 6 heteroatoms. The number of aliphatic imine (C=N–C) groups is 1. The van der Waals surface area contributed by atoms with Gasteiger partial charge < -0.3 is 20.1 Å². The summed E-state index contributed by atoms with van der Waals surface area (Å²) in [7, 11) is 3.49. The number of hydrogen-bond acceptors (Lipinski definition) is 3. The first kappa shape index (κ1) is 23.1. The van der Waals surface area contributed by atoms with Gasteiger partial charge in [0.2, 0.25) is 0 Å². The largest absolute Gasteiger partial charge is 0.381 e. The summed E-state index contributed by atoms with van der Waals surface area (Å²) in [6, 6.07) is 8.38. The third kappa shape index (κ3) is 10.8. The SMILES string of the molecule is CN=C(NCCCOCC(C)C)NCc1ccc(COC)cc1.I. The van der Waals surface area contributed by atoms with Crippen molar-refractivity contribution in [3.63, 3.8) is 0 Å². The lowest BCUT2D eigenvalue weighted by molar-refractivity contribution is 0.108. The van der Waals surface area contributed by atoms with E-state index in [1.807, 2.05) is 0 Å². The van der Waals surface area contributed by atoms with Gasteiger partial charge in [-0.2, -0.15) is 0 Å². The predicted molar refractivity (Wildman–Crippen MR) is 111 cm³/mol. The van der Waals surface area contributed by atoms with E-state index in [0.717, 1.165) is 38.7 Å². The Kier molecular flexibility index (Phi) is 14.0. The van der Waals surface area contributed by atoms with Gasteiger partial charge in [0.25, 0.3) is 0 Å². The van der Waals surface area contributed by atoms with Crippen LogP contribution in [0.2, 0.25) is 0 Å². The summed E-state index contributed by atoms with van der Waals surface area (Å²) in [5.41, 5.74) is 2.40. The van der Waals surface area contributed by atoms with E-state index in [4.69, 9.17) is 9.47 Å². The van der Waals surface area contributed by atoms with Crippen molar-refractivity contribution in [1.82, 2.24) is 10.6 Å². The molecule has 0 saturated carbocycles. The highest BCUT2D eigenvalue weighted by molar-refractivity contribution is 14.0. The number of methoxy groups -OCH3 is 1. The standard InChI is InChI=1S/C18H31N3O2.HI/c1-15(2)13-23-11-5-10-20-18(19-3)21-12-16-6-8-17(9-7-16)14-22-4;/h6-9,15H,5,10-14H2,1-4H3,(H2,19,20,21);1H. The Labute approximate surface area is 163 Å². The van der Waals surface area contributed by atoms with Gasteiger partial charge in [-0.15, -0.1) is 24.0 Å². The summed E-state index contributed by atoms with van der Waals surface area (Å²) in [5.74, 6) is 1.41. The summed E-state index contributed by atoms with van der Waals surface area (Å²) >= 11 is 0. The van der Waals surface area contributed by atoms with Crippen molar-refractivity contribution in [1.29, 1.82) is 0 Å². The minimum Gasteiger partial charge on any atom is -0.381 e. The Hall–Kier alpha value is -0.860. The first-order valence-electron chi connectivity index (χ1n) is 8.24. The average molecular weight is 449 g/mol. The average Bonchev–Trinajstić information content (AvgIpc) is 2.55. The molecule has 0 spiro atoms. The molecule has 0 bridgehead atoms. The van der Waals surface area contributed by atoms with Crippen molar-refractivity contribution >= 4 is 29.9 Å². The zero-order chi connectivity index (χ0) is 16.9. The minimum absolute atomic E-state index is 0. The first-order valence-corrected chi connectivity index (χ1v) is 8.24. The molecule has 1 aromatic rings. The van der Waals surface area contributed by atoms with Gasteiger partial charge in [-0.05, 0) is 23.5 Å². The van der Waals surface area contributed by atoms with E-state index in [1.165, 1.54) is 11.1 Å². The van der Waals surface area contributed by atoms with Crippen molar-refractivity contribution in [2.75, 3.05) is 33.9 Å². The molecule has 0 aliphatic rings. The third-order valence-electron chi connectivity index (χ3n) is 3.23. The molecular formula is C18H32IN3O2. The molecule has 0 unspecified atom stereocenters. The Morgan fingerprint density at radius 1 is 1.12 bits per heavy atom. The van der Waals surface area contributed by atoms with Crippen LogP contribution in [0.1, 0.15) is 31.4 Å². The molecule has 0 heterocycles. The maximum Gasteiger partial charge on any atom is 0.191 e. The van der Waals surface area contributed by atoms with Gasteiger partial charge >= 0.3 is 0 Å². The van der Waals surface area contributed by atoms with Gasteiger partial charge in [0, 0.05) is 40.5 Å². The number of halogens is 1. The second-order valence-electron chi connectivity index (χ2n) is 5.92. The molecule has 0 aliphatic carbocycles. The van der Waals surface area contributed by atoms with E-state index in [0.29, 0.717) is 12.5 Å². The highest BCUT2D eigenvalue weighted by Crippen LogP contribution is 2.05. The van der Waals surface area contributed by atoms with Gasteiger partial charge in [0.05, 0.1) is 6.61 Å². The second kappa shape index (κ2) is 14.5. The molecule has 0 aliphatic heterocycles. The summed E-state index contributed by atoms with van der Waals surface area (Å²) < 4.78 is 10.7. The van der Waals surface area contributed by atoms with Crippen LogP contribution < -0.4 is 10.6 Å². The monoisotopic (exact) mass is 449 g/mol. The number of guanidine groups is 1. The Morgan fingerprint density at radius 2 is 1.79 bits per heavy atom. The highest BCUT2D eigenvalue weighted by atomic mass is 127. The van der Waals surface area contributed by atoms with Crippen molar-refractivity contribution < 1.29 is 9.47 Å². The van der Waals surface area contributed by atoms with E-state index >= 15 is 0 Å². The van der Waals surface area contributed by atoms with E-state index in [2.05, 4.69) is 53.7 Å². The van der Waals surface area contributed by atoms with Crippen LogP contribution in [0.4, 0.5) is 0 Å². The van der Waals surface area contributed by atoms with Crippen LogP contribution in [0.3, 0.4) is 0 Å². The summed E-state index contributed by atoms with van der Waals surface area (Å²) in [6.07, 6.45) is 0.971. The predicted octanol–water partition coefficient (Wildman–Crippen LogP) is 3.18. The van der Waals surface area contributed by atoms with Crippen molar-refractivity contribution in [2.45, 2.75) is 33.4 Å². The molecule has 24 heavy (non-hydrogen) atoms. The smallest absolute Gasteiger partial charge is 0.191 e. The number of nitrogens with zero attached hydrogens (tertiary/aromatic N) is 1. The molecule has 0 fully saturated rings. The fraction of sp³-hybridized carbons (Fsp3) is 0.611. The van der Waals surface area contributed by atoms with E-state index < -0.39 is 0 Å². The van der Waals surface area contributed by atoms with Gasteiger partial charge in [-0.25, -0.2) is 0 Å². The molecule has 0 radical (unpaired) electrons. The fourth-order valence-electron chi connectivity index (χ4n) is 2.03. The number of hydrogen-bond donors (Lipinski definition) is 2. The van der Waals surface area contributed by atoms with Crippen LogP contribution in [-0.2, 0) is 22.6 Å². The lowest BCUT2D eigenvalue weighted by Crippen LogP contribution is -2.37. The van der Waals surface area contributed by atoms with Crippen LogP contribution in [0.15, 0.2) is 29.3 Å². The van der Waals surface area contributed by atoms with Gasteiger partial charge in [0.15, 0.2) is 5.96 Å². The molecule has 5 nitrogen and oxygen atoms in total. The maximum absolute atomic E-state index is 5.56. The topological polar surface area (TPSA) is 54.9 Å². The molecule has 0 atom stereocenters. The molecule has 0 amide bonds. The summed E-state index contributed by atoms with van der Waals surface area (Å²) in [5, 5.41) is 6.61. The molecule has 138 valence electrons. The van der Waals surface area contributed by atoms with Crippen LogP contribution >= 0.6 is 24.0 Å². The Balaban J connectivity index is 0.00000529. The molecule has 2 N–H and O–H groups in total. The Bertz CT molecular complexity index is 450. The third-order valence-corrected chi connectivity index (χ3v) is 3.23. The van der Waals surface area contributed by atoms with Crippen molar-refractivity contribution in [3.05, 3.63) is 35.4 Å². The first-order chi connectivity index (χ1) is 11.2. The number of nitrogens with one attached hydrogen (secondary N) is 2. The van der Waals surface area contributed by atoms with Gasteiger partial charge in [-0.1, -0.05) is 38.1 Å². The lowest BCUT2D eigenvalue weighted by Gasteiger charge is -2.12. The Morgan fingerprint density at radius 3 is 2.38 bits per heavy atom. The molecule has 1 aromatic carbocycles. The van der Waals surface area contributed by atoms with Crippen molar-refractivity contribution in [3.8, 4) is 0 Å². The number of ether oxygens (including phenoxy) is 2. The summed E-state index contributed by atoms with van der Waals surface area (Å²) in [4.78, 5) is 4.23. The van der Waals surface area contributed by atoms with E-state index in [9.17, 15) is 0 Å². The highest BCUT2D eigenvalue weighted by Gasteiger charge is 1.99.